The molecule has 32 heavy (non-hydrogen) atoms. The van der Waals surface area contributed by atoms with Gasteiger partial charge in [-0.1, -0.05) is 0 Å². The van der Waals surface area contributed by atoms with Crippen LogP contribution in [-0.2, 0) is 21.4 Å². The molecule has 2 aromatic heterocycles. The van der Waals surface area contributed by atoms with Crippen molar-refractivity contribution < 1.29 is 17.6 Å². The van der Waals surface area contributed by atoms with Crippen LogP contribution < -0.4 is 5.32 Å². The van der Waals surface area contributed by atoms with Gasteiger partial charge in [-0.25, -0.2) is 13.4 Å². The second-order valence-electron chi connectivity index (χ2n) is 7.55. The van der Waals surface area contributed by atoms with E-state index in [1.54, 1.807) is 11.3 Å². The Morgan fingerprint density at radius 1 is 1.25 bits per heavy atom. The first-order valence-corrected chi connectivity index (χ1v) is 12.5. The zero-order valence-corrected chi connectivity index (χ0v) is 19.1. The number of aromatic nitrogens is 1. The summed E-state index contributed by atoms with van der Waals surface area (Å²) in [5, 5.41) is 14.6. The minimum atomic E-state index is -3.64. The van der Waals surface area contributed by atoms with Gasteiger partial charge in [0.05, 0.1) is 28.1 Å². The molecule has 0 radical (unpaired) electrons. The predicted octanol–water partition coefficient (Wildman–Crippen LogP) is 3.30. The van der Waals surface area contributed by atoms with E-state index in [0.29, 0.717) is 29.9 Å². The number of piperidine rings is 1. The van der Waals surface area contributed by atoms with Crippen LogP contribution in [0.1, 0.15) is 29.2 Å². The van der Waals surface area contributed by atoms with Gasteiger partial charge >= 0.3 is 0 Å². The highest BCUT2D eigenvalue weighted by atomic mass is 32.2. The van der Waals surface area contributed by atoms with Gasteiger partial charge in [0.1, 0.15) is 11.5 Å². The Labute approximate surface area is 190 Å². The summed E-state index contributed by atoms with van der Waals surface area (Å²) in [6.07, 6.45) is 0.895. The number of aryl methyl sites for hydroxylation is 1. The molecule has 1 aromatic carbocycles. The summed E-state index contributed by atoms with van der Waals surface area (Å²) >= 11 is 1.55. The van der Waals surface area contributed by atoms with E-state index in [-0.39, 0.29) is 36.4 Å². The highest BCUT2D eigenvalue weighted by Crippen LogP contribution is 2.26. The SMILES string of the molecule is Cc1nc(-c2ccc(CNC(=O)C3CCN(S(=O)(=O)c4ccc(C#N)cc4)CC3)o2)cs1. The molecule has 0 saturated carbocycles. The third-order valence-electron chi connectivity index (χ3n) is 5.42. The van der Waals surface area contributed by atoms with E-state index in [1.807, 2.05) is 30.5 Å². The van der Waals surface area contributed by atoms with E-state index in [4.69, 9.17) is 9.68 Å². The van der Waals surface area contributed by atoms with Crippen LogP contribution in [-0.4, -0.2) is 36.7 Å². The second-order valence-corrected chi connectivity index (χ2v) is 10.6. The Kier molecular flexibility index (Phi) is 6.41. The van der Waals surface area contributed by atoms with E-state index >= 15 is 0 Å². The lowest BCUT2D eigenvalue weighted by Gasteiger charge is -2.30. The Bertz CT molecular complexity index is 1250. The molecule has 1 aliphatic rings. The molecule has 10 heteroatoms. The van der Waals surface area contributed by atoms with Crippen molar-refractivity contribution in [2.24, 2.45) is 5.92 Å². The third-order valence-corrected chi connectivity index (χ3v) is 8.10. The quantitative estimate of drug-likeness (QED) is 0.591. The summed E-state index contributed by atoms with van der Waals surface area (Å²) in [4.78, 5) is 17.1. The van der Waals surface area contributed by atoms with Gasteiger partial charge in [0.25, 0.3) is 0 Å². The van der Waals surface area contributed by atoms with Crippen molar-refractivity contribution in [2.75, 3.05) is 13.1 Å². The molecule has 1 fully saturated rings. The van der Waals surface area contributed by atoms with Gasteiger partial charge in [-0.15, -0.1) is 11.3 Å². The largest absolute Gasteiger partial charge is 0.458 e. The van der Waals surface area contributed by atoms with Crippen molar-refractivity contribution >= 4 is 27.3 Å². The maximum absolute atomic E-state index is 12.8. The van der Waals surface area contributed by atoms with Gasteiger partial charge in [-0.3, -0.25) is 4.79 Å². The lowest BCUT2D eigenvalue weighted by molar-refractivity contribution is -0.126. The molecule has 3 aromatic rings. The molecule has 8 nitrogen and oxygen atoms in total. The van der Waals surface area contributed by atoms with Crippen molar-refractivity contribution in [3.63, 3.8) is 0 Å². The first kappa shape index (κ1) is 22.2. The fourth-order valence-electron chi connectivity index (χ4n) is 3.61. The molecule has 0 spiro atoms. The molecule has 0 atom stereocenters. The molecule has 1 aliphatic heterocycles. The normalized spacial score (nSPS) is 15.4. The van der Waals surface area contributed by atoms with E-state index in [0.717, 1.165) is 10.7 Å². The summed E-state index contributed by atoms with van der Waals surface area (Å²) in [6.45, 7) is 2.74. The van der Waals surface area contributed by atoms with Crippen LogP contribution >= 0.6 is 11.3 Å². The molecule has 1 amide bonds. The van der Waals surface area contributed by atoms with E-state index in [2.05, 4.69) is 10.3 Å². The minimum Gasteiger partial charge on any atom is -0.458 e. The topological polar surface area (TPSA) is 116 Å². The fraction of sp³-hybridized carbons (Fsp3) is 0.318. The van der Waals surface area contributed by atoms with E-state index in [1.165, 1.54) is 28.6 Å². The number of nitrogens with zero attached hydrogens (tertiary/aromatic N) is 3. The van der Waals surface area contributed by atoms with Gasteiger partial charge in [0, 0.05) is 24.4 Å². The van der Waals surface area contributed by atoms with Gasteiger partial charge in [-0.05, 0) is 56.2 Å². The molecule has 0 aliphatic carbocycles. The number of furan rings is 1. The molecular formula is C22H22N4O4S2. The Morgan fingerprint density at radius 2 is 1.97 bits per heavy atom. The number of nitrogens with one attached hydrogen (secondary N) is 1. The van der Waals surface area contributed by atoms with Crippen molar-refractivity contribution in [2.45, 2.75) is 31.2 Å². The number of carbonyl (C=O) groups is 1. The van der Waals surface area contributed by atoms with Crippen molar-refractivity contribution in [1.82, 2.24) is 14.6 Å². The van der Waals surface area contributed by atoms with Gasteiger partial charge in [0.15, 0.2) is 5.76 Å². The van der Waals surface area contributed by atoms with Crippen LogP contribution in [0.25, 0.3) is 11.5 Å². The van der Waals surface area contributed by atoms with Crippen molar-refractivity contribution in [3.05, 3.63) is 58.1 Å². The highest BCUT2D eigenvalue weighted by Gasteiger charge is 2.32. The first-order chi connectivity index (χ1) is 15.4. The second kappa shape index (κ2) is 9.24. The number of sulfonamides is 1. The van der Waals surface area contributed by atoms with Gasteiger partial charge in [-0.2, -0.15) is 9.57 Å². The molecule has 1 saturated heterocycles. The molecule has 1 N–H and O–H groups in total. The molecule has 0 unspecified atom stereocenters. The fourth-order valence-corrected chi connectivity index (χ4v) is 5.69. The maximum Gasteiger partial charge on any atom is 0.243 e. The zero-order chi connectivity index (χ0) is 22.7. The summed E-state index contributed by atoms with van der Waals surface area (Å²) < 4.78 is 32.8. The average Bonchev–Trinajstić information content (AvgIpc) is 3.46. The molecule has 166 valence electrons. The number of nitriles is 1. The standard InChI is InChI=1S/C22H22N4O4S2/c1-15-25-20(14-31-15)21-7-4-18(30-21)13-24-22(27)17-8-10-26(11-9-17)32(28,29)19-5-2-16(12-23)3-6-19/h2-7,14,17H,8-11,13H2,1H3,(H,24,27). The van der Waals surface area contributed by atoms with Crippen molar-refractivity contribution in [3.8, 4) is 17.5 Å². The minimum absolute atomic E-state index is 0.108. The Balaban J connectivity index is 1.30. The lowest BCUT2D eigenvalue weighted by Crippen LogP contribution is -2.42. The van der Waals surface area contributed by atoms with Crippen LogP contribution in [0.4, 0.5) is 0 Å². The van der Waals surface area contributed by atoms with Crippen LogP contribution in [0.5, 0.6) is 0 Å². The predicted molar refractivity (Wildman–Crippen MR) is 119 cm³/mol. The number of thiazole rings is 1. The van der Waals surface area contributed by atoms with Crippen LogP contribution in [0, 0.1) is 24.2 Å². The zero-order valence-electron chi connectivity index (χ0n) is 17.4. The number of amides is 1. The highest BCUT2D eigenvalue weighted by molar-refractivity contribution is 7.89. The lowest BCUT2D eigenvalue weighted by atomic mass is 9.97. The Hall–Kier alpha value is -3.00. The molecule has 0 bridgehead atoms. The van der Waals surface area contributed by atoms with Crippen LogP contribution in [0.2, 0.25) is 0 Å². The Morgan fingerprint density at radius 3 is 2.59 bits per heavy atom. The van der Waals surface area contributed by atoms with Gasteiger partial charge < -0.3 is 9.73 Å². The van der Waals surface area contributed by atoms with E-state index < -0.39 is 10.0 Å². The number of benzene rings is 1. The number of hydrogen-bond acceptors (Lipinski definition) is 7. The number of hydrogen-bond donors (Lipinski definition) is 1. The van der Waals surface area contributed by atoms with Crippen LogP contribution in [0.15, 0.2) is 51.1 Å². The molecular weight excluding hydrogens is 448 g/mol. The maximum atomic E-state index is 12.8. The van der Waals surface area contributed by atoms with E-state index in [9.17, 15) is 13.2 Å². The summed E-state index contributed by atoms with van der Waals surface area (Å²) in [5.41, 5.74) is 1.19. The average molecular weight is 471 g/mol. The monoisotopic (exact) mass is 470 g/mol. The summed E-state index contributed by atoms with van der Waals surface area (Å²) in [7, 11) is -3.64. The smallest absolute Gasteiger partial charge is 0.243 e. The number of carbonyl (C=O) groups excluding carboxylic acids is 1. The number of rotatable bonds is 6. The van der Waals surface area contributed by atoms with Crippen LogP contribution in [0.3, 0.4) is 0 Å². The first-order valence-electron chi connectivity index (χ1n) is 10.2. The summed E-state index contributed by atoms with van der Waals surface area (Å²) in [6, 6.07) is 11.5. The third kappa shape index (κ3) is 4.75. The summed E-state index contributed by atoms with van der Waals surface area (Å²) in [5.74, 6) is 0.945. The van der Waals surface area contributed by atoms with Crippen molar-refractivity contribution in [1.29, 1.82) is 5.26 Å². The molecule has 4 rings (SSSR count). The van der Waals surface area contributed by atoms with Gasteiger partial charge in [0.2, 0.25) is 15.9 Å². The molecule has 3 heterocycles.